The highest BCUT2D eigenvalue weighted by Crippen LogP contribution is 2.30. The van der Waals surface area contributed by atoms with Gasteiger partial charge in [0, 0.05) is 29.3 Å². The molecule has 0 saturated heterocycles. The molecule has 2 aromatic carbocycles. The summed E-state index contributed by atoms with van der Waals surface area (Å²) in [4.78, 5) is 0. The number of halogens is 1. The Balaban J connectivity index is 2.21. The Hall–Kier alpha value is -1.55. The lowest BCUT2D eigenvalue weighted by Gasteiger charge is -2.25. The zero-order valence-corrected chi connectivity index (χ0v) is 13.7. The molecule has 22 heavy (non-hydrogen) atoms. The van der Waals surface area contributed by atoms with Crippen molar-refractivity contribution in [1.82, 2.24) is 5.32 Å². The number of hydrogen-bond acceptors (Lipinski definition) is 3. The Morgan fingerprint density at radius 3 is 2.55 bits per heavy atom. The Labute approximate surface area is 136 Å². The van der Waals surface area contributed by atoms with Gasteiger partial charge in [0.2, 0.25) is 0 Å². The number of aliphatic hydroxyl groups excluding tert-OH is 1. The number of benzene rings is 2. The highest BCUT2D eigenvalue weighted by Gasteiger charge is 2.17. The van der Waals surface area contributed by atoms with E-state index in [1.165, 1.54) is 0 Å². The molecule has 2 atom stereocenters. The van der Waals surface area contributed by atoms with E-state index in [-0.39, 0.29) is 18.7 Å². The van der Waals surface area contributed by atoms with E-state index in [4.69, 9.17) is 16.3 Å². The van der Waals surface area contributed by atoms with Crippen LogP contribution in [0, 0.1) is 0 Å². The topological polar surface area (TPSA) is 41.5 Å². The summed E-state index contributed by atoms with van der Waals surface area (Å²) in [5.74, 6) is 0.806. The first-order valence-corrected chi connectivity index (χ1v) is 7.78. The van der Waals surface area contributed by atoms with Gasteiger partial charge in [-0.05, 0) is 37.1 Å². The Bertz CT molecular complexity index is 589. The van der Waals surface area contributed by atoms with Crippen LogP contribution in [0.2, 0.25) is 5.02 Å². The summed E-state index contributed by atoms with van der Waals surface area (Å²) in [7, 11) is 1.65. The van der Waals surface area contributed by atoms with Crippen molar-refractivity contribution in [1.29, 1.82) is 0 Å². The van der Waals surface area contributed by atoms with E-state index in [9.17, 15) is 5.11 Å². The Morgan fingerprint density at radius 2 is 1.91 bits per heavy atom. The van der Waals surface area contributed by atoms with Gasteiger partial charge in [-0.1, -0.05) is 41.9 Å². The molecular weight excluding hydrogens is 298 g/mol. The minimum atomic E-state index is 0.0467. The van der Waals surface area contributed by atoms with E-state index in [0.717, 1.165) is 16.9 Å². The first kappa shape index (κ1) is 16.8. The minimum Gasteiger partial charge on any atom is -0.496 e. The summed E-state index contributed by atoms with van der Waals surface area (Å²) in [6, 6.07) is 15.9. The van der Waals surface area contributed by atoms with E-state index in [1.807, 2.05) is 36.4 Å². The van der Waals surface area contributed by atoms with E-state index in [0.29, 0.717) is 11.4 Å². The van der Waals surface area contributed by atoms with Gasteiger partial charge < -0.3 is 15.2 Å². The van der Waals surface area contributed by atoms with Gasteiger partial charge in [-0.2, -0.15) is 0 Å². The fraction of sp³-hybridized carbons (Fsp3) is 0.333. The van der Waals surface area contributed by atoms with Crippen molar-refractivity contribution >= 4 is 11.6 Å². The molecule has 0 aliphatic carbocycles. The van der Waals surface area contributed by atoms with Crippen LogP contribution in [0.1, 0.15) is 36.6 Å². The monoisotopic (exact) mass is 319 g/mol. The Kier molecular flexibility index (Phi) is 6.25. The van der Waals surface area contributed by atoms with Crippen LogP contribution in [0.25, 0.3) is 0 Å². The molecule has 0 fully saturated rings. The van der Waals surface area contributed by atoms with Gasteiger partial charge in [0.25, 0.3) is 0 Å². The maximum Gasteiger partial charge on any atom is 0.123 e. The smallest absolute Gasteiger partial charge is 0.123 e. The second kappa shape index (κ2) is 8.18. The standard InChI is InChI=1S/C18H22ClNO2/c1-13(16-12-15(19)8-9-18(16)22-2)20-17(10-11-21)14-6-4-3-5-7-14/h3-9,12-13,17,20-21H,10-11H2,1-2H3/t13?,17-/m1/s1. The van der Waals surface area contributed by atoms with Crippen LogP contribution in [0.5, 0.6) is 5.75 Å². The van der Waals surface area contributed by atoms with Gasteiger partial charge in [0.1, 0.15) is 5.75 Å². The van der Waals surface area contributed by atoms with Crippen molar-refractivity contribution < 1.29 is 9.84 Å². The lowest BCUT2D eigenvalue weighted by atomic mass is 10.0. The molecule has 0 radical (unpaired) electrons. The summed E-state index contributed by atoms with van der Waals surface area (Å²) < 4.78 is 5.42. The van der Waals surface area contributed by atoms with Gasteiger partial charge >= 0.3 is 0 Å². The van der Waals surface area contributed by atoms with Crippen molar-refractivity contribution in [3.05, 3.63) is 64.7 Å². The molecule has 0 saturated carbocycles. The Morgan fingerprint density at radius 1 is 1.18 bits per heavy atom. The van der Waals surface area contributed by atoms with Crippen LogP contribution >= 0.6 is 11.6 Å². The fourth-order valence-corrected chi connectivity index (χ4v) is 2.78. The molecule has 0 heterocycles. The van der Waals surface area contributed by atoms with E-state index < -0.39 is 0 Å². The van der Waals surface area contributed by atoms with Crippen molar-refractivity contribution in [2.45, 2.75) is 25.4 Å². The number of aliphatic hydroxyl groups is 1. The van der Waals surface area contributed by atoms with Crippen molar-refractivity contribution in [2.24, 2.45) is 0 Å². The average molecular weight is 320 g/mol. The maximum absolute atomic E-state index is 9.34. The lowest BCUT2D eigenvalue weighted by molar-refractivity contribution is 0.260. The molecule has 1 unspecified atom stereocenters. The molecule has 118 valence electrons. The predicted octanol–water partition coefficient (Wildman–Crippen LogP) is 4.12. The largest absolute Gasteiger partial charge is 0.496 e. The number of hydrogen-bond donors (Lipinski definition) is 2. The number of ether oxygens (including phenoxy) is 1. The summed E-state index contributed by atoms with van der Waals surface area (Å²) >= 11 is 6.11. The summed E-state index contributed by atoms with van der Waals surface area (Å²) in [5.41, 5.74) is 2.17. The van der Waals surface area contributed by atoms with Crippen LogP contribution in [0.4, 0.5) is 0 Å². The van der Waals surface area contributed by atoms with Crippen LogP contribution in [-0.4, -0.2) is 18.8 Å². The molecular formula is C18H22ClNO2. The molecule has 2 N–H and O–H groups in total. The molecule has 3 nitrogen and oxygen atoms in total. The van der Waals surface area contributed by atoms with Crippen molar-refractivity contribution in [3.63, 3.8) is 0 Å². The zero-order valence-electron chi connectivity index (χ0n) is 12.9. The fourth-order valence-electron chi connectivity index (χ4n) is 2.60. The second-order valence-electron chi connectivity index (χ2n) is 5.25. The highest BCUT2D eigenvalue weighted by molar-refractivity contribution is 6.30. The SMILES string of the molecule is COc1ccc(Cl)cc1C(C)N[C@H](CCO)c1ccccc1. The molecule has 2 rings (SSSR count). The quantitative estimate of drug-likeness (QED) is 0.806. The van der Waals surface area contributed by atoms with Crippen molar-refractivity contribution in [2.75, 3.05) is 13.7 Å². The zero-order chi connectivity index (χ0) is 15.9. The third-order valence-corrected chi connectivity index (χ3v) is 3.96. The molecule has 0 aliphatic rings. The second-order valence-corrected chi connectivity index (χ2v) is 5.69. The van der Waals surface area contributed by atoms with Crippen molar-refractivity contribution in [3.8, 4) is 5.75 Å². The van der Waals surface area contributed by atoms with Crippen LogP contribution in [-0.2, 0) is 0 Å². The van der Waals surface area contributed by atoms with E-state index in [2.05, 4.69) is 24.4 Å². The first-order chi connectivity index (χ1) is 10.7. The molecule has 0 amide bonds. The molecule has 0 spiro atoms. The third-order valence-electron chi connectivity index (χ3n) is 3.73. The van der Waals surface area contributed by atoms with E-state index >= 15 is 0 Å². The summed E-state index contributed by atoms with van der Waals surface area (Å²) in [6.07, 6.45) is 0.650. The lowest BCUT2D eigenvalue weighted by Crippen LogP contribution is -2.26. The van der Waals surface area contributed by atoms with Gasteiger partial charge in [-0.25, -0.2) is 0 Å². The third kappa shape index (κ3) is 4.23. The van der Waals surface area contributed by atoms with Gasteiger partial charge in [-0.3, -0.25) is 0 Å². The van der Waals surface area contributed by atoms with Crippen LogP contribution < -0.4 is 10.1 Å². The van der Waals surface area contributed by atoms with Gasteiger partial charge in [0.05, 0.1) is 7.11 Å². The van der Waals surface area contributed by atoms with Gasteiger partial charge in [0.15, 0.2) is 0 Å². The van der Waals surface area contributed by atoms with E-state index in [1.54, 1.807) is 7.11 Å². The number of rotatable bonds is 7. The van der Waals surface area contributed by atoms with Gasteiger partial charge in [-0.15, -0.1) is 0 Å². The number of nitrogens with one attached hydrogen (secondary N) is 1. The maximum atomic E-state index is 9.34. The summed E-state index contributed by atoms with van der Waals surface area (Å²) in [6.45, 7) is 2.20. The first-order valence-electron chi connectivity index (χ1n) is 7.41. The normalized spacial score (nSPS) is 13.6. The molecule has 0 bridgehead atoms. The molecule has 0 aromatic heterocycles. The molecule has 2 aromatic rings. The predicted molar refractivity (Wildman–Crippen MR) is 90.4 cm³/mol. The van der Waals surface area contributed by atoms with Crippen LogP contribution in [0.15, 0.2) is 48.5 Å². The minimum absolute atomic E-state index is 0.0467. The average Bonchev–Trinajstić information content (AvgIpc) is 2.55. The molecule has 0 aliphatic heterocycles. The highest BCUT2D eigenvalue weighted by atomic mass is 35.5. The van der Waals surface area contributed by atoms with Crippen LogP contribution in [0.3, 0.4) is 0 Å². The summed E-state index contributed by atoms with van der Waals surface area (Å²) in [5, 5.41) is 13.6. The number of methoxy groups -OCH3 is 1. The molecule has 4 heteroatoms.